The Balaban J connectivity index is 1.02. The number of para-hydroxylation sites is 2. The molecule has 2 nitrogen and oxygen atoms in total. The molecule has 0 aliphatic heterocycles. The third kappa shape index (κ3) is 4.50. The maximum absolute atomic E-state index is 6.75. The van der Waals surface area contributed by atoms with Gasteiger partial charge in [0.05, 0.1) is 5.69 Å². The lowest BCUT2D eigenvalue weighted by Gasteiger charge is -2.61. The van der Waals surface area contributed by atoms with Gasteiger partial charge in [-0.25, -0.2) is 0 Å². The second kappa shape index (κ2) is 11.5. The van der Waals surface area contributed by atoms with E-state index in [1.54, 1.807) is 11.1 Å². The molecule has 1 spiro atoms. The van der Waals surface area contributed by atoms with E-state index in [2.05, 4.69) is 160 Å². The fourth-order valence-electron chi connectivity index (χ4n) is 13.2. The first-order chi connectivity index (χ1) is 27.2. The Bertz CT molecular complexity index is 2700. The molecule has 0 amide bonds. The third-order valence-electron chi connectivity index (χ3n) is 15.7. The van der Waals surface area contributed by atoms with Crippen molar-refractivity contribution in [1.82, 2.24) is 0 Å². The second-order valence-corrected chi connectivity index (χ2v) is 19.6. The number of rotatable bonds is 4. The van der Waals surface area contributed by atoms with Crippen LogP contribution >= 0.6 is 0 Å². The Morgan fingerprint density at radius 2 is 1.12 bits per heavy atom. The van der Waals surface area contributed by atoms with Crippen molar-refractivity contribution in [2.24, 2.45) is 23.7 Å². The van der Waals surface area contributed by atoms with Gasteiger partial charge >= 0.3 is 0 Å². The molecular weight excluding hydrogens is 679 g/mol. The number of benzene rings is 6. The fourth-order valence-corrected chi connectivity index (χ4v) is 13.2. The molecule has 1 heterocycles. The van der Waals surface area contributed by atoms with Crippen molar-refractivity contribution in [3.8, 4) is 22.3 Å². The van der Waals surface area contributed by atoms with Gasteiger partial charge in [-0.1, -0.05) is 119 Å². The van der Waals surface area contributed by atoms with Crippen molar-refractivity contribution in [3.63, 3.8) is 0 Å². The summed E-state index contributed by atoms with van der Waals surface area (Å²) < 4.78 is 6.75. The van der Waals surface area contributed by atoms with Gasteiger partial charge in [0.25, 0.3) is 0 Å². The molecule has 6 aromatic carbocycles. The quantitative estimate of drug-likeness (QED) is 0.179. The van der Waals surface area contributed by atoms with E-state index in [1.165, 1.54) is 84.0 Å². The van der Waals surface area contributed by atoms with Gasteiger partial charge < -0.3 is 9.32 Å². The van der Waals surface area contributed by atoms with Gasteiger partial charge in [-0.05, 0) is 160 Å². The maximum atomic E-state index is 6.75. The molecule has 0 unspecified atom stereocenters. The molecule has 2 heteroatoms. The zero-order valence-electron chi connectivity index (χ0n) is 33.2. The van der Waals surface area contributed by atoms with Gasteiger partial charge in [0.15, 0.2) is 5.58 Å². The topological polar surface area (TPSA) is 16.4 Å². The van der Waals surface area contributed by atoms with E-state index >= 15 is 0 Å². The van der Waals surface area contributed by atoms with Crippen molar-refractivity contribution >= 4 is 39.0 Å². The van der Waals surface area contributed by atoms with E-state index < -0.39 is 0 Å². The highest BCUT2D eigenvalue weighted by atomic mass is 16.3. The van der Waals surface area contributed by atoms with E-state index in [9.17, 15) is 0 Å². The Hall–Kier alpha value is -5.08. The molecule has 0 radical (unpaired) electrons. The molecule has 4 saturated carbocycles. The van der Waals surface area contributed by atoms with Crippen molar-refractivity contribution in [3.05, 3.63) is 150 Å². The minimum absolute atomic E-state index is 0.155. The van der Waals surface area contributed by atoms with Gasteiger partial charge in [-0.15, -0.1) is 0 Å². The molecule has 6 aliphatic rings. The third-order valence-corrected chi connectivity index (χ3v) is 15.7. The molecule has 0 atom stereocenters. The summed E-state index contributed by atoms with van der Waals surface area (Å²) in [5.74, 6) is 3.36. The van der Waals surface area contributed by atoms with Crippen LogP contribution in [0, 0.1) is 23.7 Å². The zero-order valence-corrected chi connectivity index (χ0v) is 33.2. The average Bonchev–Trinajstić information content (AvgIpc) is 3.73. The molecule has 6 aliphatic carbocycles. The first kappa shape index (κ1) is 33.1. The van der Waals surface area contributed by atoms with Crippen molar-refractivity contribution in [2.75, 3.05) is 4.90 Å². The summed E-state index contributed by atoms with van der Waals surface area (Å²) in [5, 5.41) is 2.31. The molecule has 0 saturated heterocycles. The van der Waals surface area contributed by atoms with E-state index in [0.717, 1.165) is 57.0 Å². The summed E-state index contributed by atoms with van der Waals surface area (Å²) >= 11 is 0. The fraction of sp³-hybridized carbons (Fsp3) is 0.333. The molecule has 56 heavy (non-hydrogen) atoms. The first-order valence-corrected chi connectivity index (χ1v) is 21.4. The van der Waals surface area contributed by atoms with Crippen LogP contribution in [0.3, 0.4) is 0 Å². The molecular formula is C54H51NO. The zero-order chi connectivity index (χ0) is 37.6. The minimum Gasteiger partial charge on any atom is -0.454 e. The summed E-state index contributed by atoms with van der Waals surface area (Å²) in [7, 11) is 0. The van der Waals surface area contributed by atoms with Gasteiger partial charge in [0, 0.05) is 27.6 Å². The monoisotopic (exact) mass is 729 g/mol. The van der Waals surface area contributed by atoms with Gasteiger partial charge in [0.2, 0.25) is 0 Å². The van der Waals surface area contributed by atoms with Gasteiger partial charge in [0.1, 0.15) is 5.58 Å². The maximum Gasteiger partial charge on any atom is 0.159 e. The van der Waals surface area contributed by atoms with Gasteiger partial charge in [-0.3, -0.25) is 0 Å². The van der Waals surface area contributed by atoms with Crippen molar-refractivity contribution in [1.29, 1.82) is 0 Å². The van der Waals surface area contributed by atoms with E-state index in [4.69, 9.17) is 4.42 Å². The van der Waals surface area contributed by atoms with Crippen LogP contribution in [-0.2, 0) is 16.2 Å². The Morgan fingerprint density at radius 3 is 1.91 bits per heavy atom. The number of nitrogens with zero attached hydrogens (tertiary/aromatic N) is 1. The summed E-state index contributed by atoms with van der Waals surface area (Å²) in [6.45, 7) is 9.66. The highest BCUT2D eigenvalue weighted by Gasteiger charge is 2.61. The highest BCUT2D eigenvalue weighted by Crippen LogP contribution is 2.69. The Labute approximate surface area is 331 Å². The number of furan rings is 1. The van der Waals surface area contributed by atoms with Crippen LogP contribution in [0.15, 0.2) is 132 Å². The van der Waals surface area contributed by atoms with Crippen LogP contribution in [0.1, 0.15) is 94.9 Å². The number of anilines is 3. The lowest BCUT2D eigenvalue weighted by atomic mass is 9.43. The Morgan fingerprint density at radius 1 is 0.500 bits per heavy atom. The van der Waals surface area contributed by atoms with Crippen LogP contribution in [0.4, 0.5) is 17.1 Å². The molecule has 0 N–H and O–H groups in total. The smallest absolute Gasteiger partial charge is 0.159 e. The largest absolute Gasteiger partial charge is 0.454 e. The van der Waals surface area contributed by atoms with Gasteiger partial charge in [-0.2, -0.15) is 0 Å². The molecule has 7 aromatic rings. The summed E-state index contributed by atoms with van der Waals surface area (Å²) in [5.41, 5.74) is 17.4. The SMILES string of the molecule is CC1(C)CCC(C)(C)c2cc(-c3ccc(N(c4ccc5c(c4)-c4ccccc4C54C5CC6CC(C5)CC4C6)c4cccc5c4oc4ccccc45)cc3)ccc21. The number of hydrogen-bond donors (Lipinski definition) is 0. The van der Waals surface area contributed by atoms with Crippen molar-refractivity contribution in [2.45, 2.75) is 88.9 Å². The van der Waals surface area contributed by atoms with Crippen LogP contribution < -0.4 is 4.90 Å². The second-order valence-electron chi connectivity index (χ2n) is 19.6. The number of fused-ring (bicyclic) bond motifs is 7. The molecule has 4 fully saturated rings. The van der Waals surface area contributed by atoms with E-state index in [0.29, 0.717) is 0 Å². The number of hydrogen-bond acceptors (Lipinski definition) is 2. The van der Waals surface area contributed by atoms with Crippen LogP contribution in [0.5, 0.6) is 0 Å². The highest BCUT2D eigenvalue weighted by molar-refractivity contribution is 6.10. The molecule has 4 bridgehead atoms. The molecule has 278 valence electrons. The van der Waals surface area contributed by atoms with E-state index in [-0.39, 0.29) is 16.2 Å². The standard InChI is InChI=1S/C54H51NO/c1-52(2)24-25-53(3,4)48-31-36(18-22-47(48)52)35-16-19-39(20-17-35)55(49-14-9-12-43-42-11-6-8-15-50(42)56-51(43)49)40-21-23-46-44(32-40)41-10-5-7-13-45(41)54(46)37-27-33-26-34(29-37)30-38(54)28-33/h5-23,31-34,37-38H,24-30H2,1-4H3. The Kier molecular flexibility index (Phi) is 6.80. The predicted octanol–water partition coefficient (Wildman–Crippen LogP) is 14.8. The van der Waals surface area contributed by atoms with E-state index in [1.807, 2.05) is 0 Å². The normalized spacial score (nSPS) is 26.1. The average molecular weight is 730 g/mol. The molecule has 13 rings (SSSR count). The predicted molar refractivity (Wildman–Crippen MR) is 232 cm³/mol. The van der Waals surface area contributed by atoms with Crippen molar-refractivity contribution < 1.29 is 4.42 Å². The minimum atomic E-state index is 0.155. The lowest BCUT2D eigenvalue weighted by molar-refractivity contribution is -0.0399. The summed E-state index contributed by atoms with van der Waals surface area (Å²) in [6, 6.07) is 48.6. The molecule has 1 aromatic heterocycles. The van der Waals surface area contributed by atoms with Crippen LogP contribution in [0.25, 0.3) is 44.2 Å². The lowest BCUT2D eigenvalue weighted by Crippen LogP contribution is -2.55. The van der Waals surface area contributed by atoms with Crippen LogP contribution in [-0.4, -0.2) is 0 Å². The van der Waals surface area contributed by atoms with Crippen LogP contribution in [0.2, 0.25) is 0 Å². The summed E-state index contributed by atoms with van der Waals surface area (Å²) in [6.07, 6.45) is 9.50. The summed E-state index contributed by atoms with van der Waals surface area (Å²) in [4.78, 5) is 2.46. The first-order valence-electron chi connectivity index (χ1n) is 21.4.